The molecule has 0 aromatic heterocycles. The Bertz CT molecular complexity index is 454. The van der Waals surface area contributed by atoms with Gasteiger partial charge in [-0.15, -0.1) is 0 Å². The minimum Gasteiger partial charge on any atom is -0.326 e. The second kappa shape index (κ2) is 6.17. The standard InChI is InChI=1S/C17H25BrN2/c1-2-16(19)17(14-5-3-4-6-15(14)18)20(13-9-10-13)11-12-7-8-12/h3-6,12-13,16-17H,2,7-11,19H2,1H3. The van der Waals surface area contributed by atoms with Crippen LogP contribution in [0.3, 0.4) is 0 Å². The van der Waals surface area contributed by atoms with Gasteiger partial charge in [-0.05, 0) is 49.7 Å². The highest BCUT2D eigenvalue weighted by molar-refractivity contribution is 9.10. The molecule has 2 N–H and O–H groups in total. The molecule has 110 valence electrons. The highest BCUT2D eigenvalue weighted by Gasteiger charge is 2.40. The fourth-order valence-electron chi connectivity index (χ4n) is 3.09. The third-order valence-corrected chi connectivity index (χ3v) is 5.36. The minimum absolute atomic E-state index is 0.216. The van der Waals surface area contributed by atoms with Gasteiger partial charge in [0, 0.05) is 23.1 Å². The van der Waals surface area contributed by atoms with Crippen molar-refractivity contribution in [2.24, 2.45) is 11.7 Å². The lowest BCUT2D eigenvalue weighted by Gasteiger charge is -2.36. The predicted molar refractivity (Wildman–Crippen MR) is 87.6 cm³/mol. The van der Waals surface area contributed by atoms with Gasteiger partial charge in [0.15, 0.2) is 0 Å². The van der Waals surface area contributed by atoms with Crippen LogP contribution >= 0.6 is 15.9 Å². The van der Waals surface area contributed by atoms with Crippen molar-refractivity contribution in [1.29, 1.82) is 0 Å². The molecule has 2 aliphatic rings. The number of rotatable bonds is 7. The average Bonchev–Trinajstić information content (AvgIpc) is 3.32. The molecule has 20 heavy (non-hydrogen) atoms. The fraction of sp³-hybridized carbons (Fsp3) is 0.647. The number of benzene rings is 1. The molecule has 1 aromatic rings. The van der Waals surface area contributed by atoms with Crippen molar-refractivity contribution in [2.45, 2.75) is 57.2 Å². The maximum atomic E-state index is 6.52. The molecule has 0 bridgehead atoms. The van der Waals surface area contributed by atoms with Crippen molar-refractivity contribution in [3.8, 4) is 0 Å². The number of hydrogen-bond acceptors (Lipinski definition) is 2. The number of hydrogen-bond donors (Lipinski definition) is 1. The topological polar surface area (TPSA) is 29.3 Å². The zero-order valence-electron chi connectivity index (χ0n) is 12.3. The van der Waals surface area contributed by atoms with E-state index in [2.05, 4.69) is 52.0 Å². The van der Waals surface area contributed by atoms with Crippen LogP contribution in [0.25, 0.3) is 0 Å². The largest absolute Gasteiger partial charge is 0.326 e. The van der Waals surface area contributed by atoms with Crippen molar-refractivity contribution in [3.63, 3.8) is 0 Å². The van der Waals surface area contributed by atoms with E-state index in [0.29, 0.717) is 6.04 Å². The SMILES string of the molecule is CCC(N)C(c1ccccc1Br)N(CC1CC1)C1CC1. The number of nitrogens with zero attached hydrogens (tertiary/aromatic N) is 1. The smallest absolute Gasteiger partial charge is 0.0513 e. The van der Waals surface area contributed by atoms with E-state index in [0.717, 1.165) is 18.4 Å². The fourth-order valence-corrected chi connectivity index (χ4v) is 3.61. The molecule has 3 rings (SSSR count). The Balaban J connectivity index is 1.89. The van der Waals surface area contributed by atoms with Crippen molar-refractivity contribution in [2.75, 3.05) is 6.54 Å². The van der Waals surface area contributed by atoms with Gasteiger partial charge in [-0.25, -0.2) is 0 Å². The molecule has 0 amide bonds. The second-order valence-corrected chi connectivity index (χ2v) is 7.26. The molecule has 0 aliphatic heterocycles. The Labute approximate surface area is 130 Å². The molecule has 3 heteroatoms. The van der Waals surface area contributed by atoms with E-state index in [4.69, 9.17) is 5.73 Å². The van der Waals surface area contributed by atoms with Gasteiger partial charge in [-0.2, -0.15) is 0 Å². The van der Waals surface area contributed by atoms with Crippen LogP contribution in [0.5, 0.6) is 0 Å². The molecule has 0 radical (unpaired) electrons. The van der Waals surface area contributed by atoms with Crippen molar-refractivity contribution in [3.05, 3.63) is 34.3 Å². The lowest BCUT2D eigenvalue weighted by molar-refractivity contribution is 0.152. The van der Waals surface area contributed by atoms with Crippen LogP contribution in [-0.4, -0.2) is 23.5 Å². The first kappa shape index (κ1) is 14.6. The molecular weight excluding hydrogens is 312 g/mol. The summed E-state index contributed by atoms with van der Waals surface area (Å²) in [4.78, 5) is 2.71. The minimum atomic E-state index is 0.216. The first-order chi connectivity index (χ1) is 9.70. The Morgan fingerprint density at radius 3 is 2.50 bits per heavy atom. The molecule has 0 heterocycles. The van der Waals surface area contributed by atoms with E-state index in [1.165, 1.54) is 42.3 Å². The van der Waals surface area contributed by atoms with E-state index in [-0.39, 0.29) is 6.04 Å². The summed E-state index contributed by atoms with van der Waals surface area (Å²) in [5.74, 6) is 0.921. The number of nitrogens with two attached hydrogens (primary N) is 1. The van der Waals surface area contributed by atoms with Crippen molar-refractivity contribution in [1.82, 2.24) is 4.90 Å². The zero-order chi connectivity index (χ0) is 14.1. The van der Waals surface area contributed by atoms with Gasteiger partial charge in [0.2, 0.25) is 0 Å². The quantitative estimate of drug-likeness (QED) is 0.812. The van der Waals surface area contributed by atoms with Crippen LogP contribution in [0.4, 0.5) is 0 Å². The van der Waals surface area contributed by atoms with Crippen LogP contribution in [-0.2, 0) is 0 Å². The number of halogens is 1. The zero-order valence-corrected chi connectivity index (χ0v) is 13.8. The summed E-state index contributed by atoms with van der Waals surface area (Å²) in [5.41, 5.74) is 7.89. The Morgan fingerprint density at radius 2 is 1.95 bits per heavy atom. The van der Waals surface area contributed by atoms with Gasteiger partial charge >= 0.3 is 0 Å². The third-order valence-electron chi connectivity index (χ3n) is 4.64. The van der Waals surface area contributed by atoms with Crippen LogP contribution in [0.1, 0.15) is 50.6 Å². The van der Waals surface area contributed by atoms with Crippen molar-refractivity contribution >= 4 is 15.9 Å². The predicted octanol–water partition coefficient (Wildman–Crippen LogP) is 4.10. The maximum absolute atomic E-state index is 6.52. The van der Waals surface area contributed by atoms with Crippen LogP contribution < -0.4 is 5.73 Å². The van der Waals surface area contributed by atoms with Crippen LogP contribution in [0.15, 0.2) is 28.7 Å². The Hall–Kier alpha value is -0.380. The van der Waals surface area contributed by atoms with E-state index in [1.807, 2.05) is 0 Å². The highest BCUT2D eigenvalue weighted by Crippen LogP contribution is 2.42. The molecule has 0 spiro atoms. The molecule has 2 fully saturated rings. The molecule has 2 aliphatic carbocycles. The lowest BCUT2D eigenvalue weighted by Crippen LogP contribution is -2.43. The summed E-state index contributed by atoms with van der Waals surface area (Å²) in [6, 6.07) is 9.96. The van der Waals surface area contributed by atoms with Gasteiger partial charge < -0.3 is 5.73 Å². The Morgan fingerprint density at radius 1 is 1.25 bits per heavy atom. The molecule has 1 aromatic carbocycles. The maximum Gasteiger partial charge on any atom is 0.0513 e. The summed E-state index contributed by atoms with van der Waals surface area (Å²) in [6.07, 6.45) is 6.55. The summed E-state index contributed by atoms with van der Waals surface area (Å²) in [7, 11) is 0. The van der Waals surface area contributed by atoms with Crippen LogP contribution in [0.2, 0.25) is 0 Å². The molecule has 2 nitrogen and oxygen atoms in total. The lowest BCUT2D eigenvalue weighted by atomic mass is 9.95. The summed E-state index contributed by atoms with van der Waals surface area (Å²) in [6.45, 7) is 3.45. The second-order valence-electron chi connectivity index (χ2n) is 6.41. The first-order valence-electron chi connectivity index (χ1n) is 7.96. The molecular formula is C17H25BrN2. The monoisotopic (exact) mass is 336 g/mol. The average molecular weight is 337 g/mol. The van der Waals surface area contributed by atoms with Crippen molar-refractivity contribution < 1.29 is 0 Å². The summed E-state index contributed by atoms with van der Waals surface area (Å²) < 4.78 is 1.20. The van der Waals surface area contributed by atoms with E-state index < -0.39 is 0 Å². The summed E-state index contributed by atoms with van der Waals surface area (Å²) >= 11 is 3.73. The Kier molecular flexibility index (Phi) is 4.49. The van der Waals surface area contributed by atoms with E-state index in [9.17, 15) is 0 Å². The van der Waals surface area contributed by atoms with E-state index in [1.54, 1.807) is 0 Å². The van der Waals surface area contributed by atoms with Gasteiger partial charge in [-0.1, -0.05) is 41.1 Å². The molecule has 2 saturated carbocycles. The normalized spacial score (nSPS) is 22.0. The van der Waals surface area contributed by atoms with Crippen LogP contribution in [0, 0.1) is 5.92 Å². The highest BCUT2D eigenvalue weighted by atomic mass is 79.9. The van der Waals surface area contributed by atoms with Gasteiger partial charge in [0.1, 0.15) is 0 Å². The third kappa shape index (κ3) is 3.26. The van der Waals surface area contributed by atoms with Gasteiger partial charge in [0.25, 0.3) is 0 Å². The first-order valence-corrected chi connectivity index (χ1v) is 8.75. The van der Waals surface area contributed by atoms with Gasteiger partial charge in [-0.3, -0.25) is 4.90 Å². The summed E-state index contributed by atoms with van der Waals surface area (Å²) in [5, 5.41) is 0. The molecule has 2 unspecified atom stereocenters. The molecule has 0 saturated heterocycles. The molecule has 2 atom stereocenters. The van der Waals surface area contributed by atoms with E-state index >= 15 is 0 Å². The van der Waals surface area contributed by atoms with Gasteiger partial charge in [0.05, 0.1) is 6.04 Å².